The molecule has 132 valence electrons. The molecule has 0 spiro atoms. The highest BCUT2D eigenvalue weighted by atomic mass is 32.1. The number of hydrogen-bond acceptors (Lipinski definition) is 4. The number of carbonyl (C=O) groups excluding carboxylic acids is 3. The highest BCUT2D eigenvalue weighted by molar-refractivity contribution is 7.12. The van der Waals surface area contributed by atoms with Gasteiger partial charge in [0.15, 0.2) is 0 Å². The maximum Gasteiger partial charge on any atom is 0.263 e. The molecule has 1 fully saturated rings. The Hall–Kier alpha value is -1.89. The largest absolute Gasteiger partial charge is 0.352 e. The smallest absolute Gasteiger partial charge is 0.263 e. The molecule has 0 unspecified atom stereocenters. The van der Waals surface area contributed by atoms with E-state index in [4.69, 9.17) is 0 Å². The summed E-state index contributed by atoms with van der Waals surface area (Å²) in [6.45, 7) is 5.02. The van der Waals surface area contributed by atoms with Gasteiger partial charge in [0.2, 0.25) is 11.8 Å². The van der Waals surface area contributed by atoms with Gasteiger partial charge in [0.25, 0.3) is 5.91 Å². The van der Waals surface area contributed by atoms with Crippen molar-refractivity contribution in [3.63, 3.8) is 0 Å². The number of amides is 3. The molecular weight excluding hydrogens is 326 g/mol. The van der Waals surface area contributed by atoms with Crippen molar-refractivity contribution in [2.24, 2.45) is 5.92 Å². The van der Waals surface area contributed by atoms with E-state index in [1.807, 2.05) is 31.4 Å². The van der Waals surface area contributed by atoms with Crippen LogP contribution in [0.3, 0.4) is 0 Å². The third kappa shape index (κ3) is 4.80. The first kappa shape index (κ1) is 18.4. The van der Waals surface area contributed by atoms with Gasteiger partial charge in [-0.2, -0.15) is 0 Å². The fraction of sp³-hybridized carbons (Fsp3) is 0.588. The topological polar surface area (TPSA) is 69.7 Å². The maximum atomic E-state index is 12.5. The number of thiophene rings is 1. The Labute approximate surface area is 146 Å². The number of nitrogens with zero attached hydrogens (tertiary/aromatic N) is 2. The lowest BCUT2D eigenvalue weighted by molar-refractivity contribution is -0.139. The molecule has 0 bridgehead atoms. The van der Waals surface area contributed by atoms with Crippen molar-refractivity contribution in [2.75, 3.05) is 26.7 Å². The summed E-state index contributed by atoms with van der Waals surface area (Å²) in [6, 6.07) is 3.75. The van der Waals surface area contributed by atoms with E-state index in [-0.39, 0.29) is 36.2 Å². The van der Waals surface area contributed by atoms with Gasteiger partial charge in [-0.05, 0) is 38.1 Å². The number of piperidine rings is 1. The molecule has 24 heavy (non-hydrogen) atoms. The molecule has 0 aliphatic carbocycles. The number of likely N-dealkylation sites (N-methyl/N-ethyl adjacent to an activating group) is 1. The lowest BCUT2D eigenvalue weighted by Gasteiger charge is -2.33. The molecule has 1 aromatic heterocycles. The van der Waals surface area contributed by atoms with Crippen LogP contribution in [-0.2, 0) is 9.59 Å². The molecule has 1 aliphatic rings. The molecule has 2 heterocycles. The van der Waals surface area contributed by atoms with Gasteiger partial charge in [-0.1, -0.05) is 6.07 Å². The van der Waals surface area contributed by atoms with E-state index in [1.54, 1.807) is 11.9 Å². The van der Waals surface area contributed by atoms with Crippen molar-refractivity contribution >= 4 is 29.1 Å². The van der Waals surface area contributed by atoms with Crippen LogP contribution in [0.5, 0.6) is 0 Å². The monoisotopic (exact) mass is 351 g/mol. The molecule has 0 aromatic carbocycles. The molecule has 1 aliphatic heterocycles. The first-order chi connectivity index (χ1) is 11.4. The zero-order chi connectivity index (χ0) is 17.7. The molecule has 2 rings (SSSR count). The summed E-state index contributed by atoms with van der Waals surface area (Å²) in [4.78, 5) is 40.6. The minimum Gasteiger partial charge on any atom is -0.352 e. The Balaban J connectivity index is 1.82. The molecule has 0 saturated carbocycles. The average molecular weight is 351 g/mol. The maximum absolute atomic E-state index is 12.5. The van der Waals surface area contributed by atoms with Crippen molar-refractivity contribution in [3.05, 3.63) is 22.4 Å². The van der Waals surface area contributed by atoms with Crippen molar-refractivity contribution in [1.82, 2.24) is 15.1 Å². The van der Waals surface area contributed by atoms with Gasteiger partial charge in [-0.3, -0.25) is 14.4 Å². The minimum absolute atomic E-state index is 0.0165. The highest BCUT2D eigenvalue weighted by Gasteiger charge is 2.30. The Morgan fingerprint density at radius 3 is 2.54 bits per heavy atom. The summed E-state index contributed by atoms with van der Waals surface area (Å²) in [6.07, 6.45) is 1.29. The van der Waals surface area contributed by atoms with E-state index in [0.717, 1.165) is 4.88 Å². The van der Waals surface area contributed by atoms with Gasteiger partial charge in [0.05, 0.1) is 11.4 Å². The lowest BCUT2D eigenvalue weighted by atomic mass is 9.95. The number of likely N-dealkylation sites (tertiary alicyclic amines) is 1. The standard InChI is InChI=1S/C17H25N3O3S/c1-12(2)18-15(21)11-19(3)16(22)13-6-8-20(9-7-13)17(23)14-5-4-10-24-14/h4-5,10,12-13H,6-9,11H2,1-3H3,(H,18,21). The van der Waals surface area contributed by atoms with Crippen LogP contribution in [-0.4, -0.2) is 60.2 Å². The van der Waals surface area contributed by atoms with Crippen molar-refractivity contribution in [1.29, 1.82) is 0 Å². The number of carbonyl (C=O) groups is 3. The Kier molecular flexibility index (Phi) is 6.36. The van der Waals surface area contributed by atoms with Crippen LogP contribution >= 0.6 is 11.3 Å². The predicted octanol–water partition coefficient (Wildman–Crippen LogP) is 1.58. The zero-order valence-corrected chi connectivity index (χ0v) is 15.3. The van der Waals surface area contributed by atoms with E-state index < -0.39 is 0 Å². The molecule has 1 saturated heterocycles. The van der Waals surface area contributed by atoms with E-state index in [0.29, 0.717) is 25.9 Å². The summed E-state index contributed by atoms with van der Waals surface area (Å²) in [7, 11) is 1.66. The molecule has 3 amide bonds. The second kappa shape index (κ2) is 8.28. The lowest BCUT2D eigenvalue weighted by Crippen LogP contribution is -2.46. The summed E-state index contributed by atoms with van der Waals surface area (Å²) in [5.74, 6) is -0.238. The van der Waals surface area contributed by atoms with Gasteiger partial charge in [-0.25, -0.2) is 0 Å². The summed E-state index contributed by atoms with van der Waals surface area (Å²) in [5, 5.41) is 4.67. The van der Waals surface area contributed by atoms with Crippen molar-refractivity contribution < 1.29 is 14.4 Å². The van der Waals surface area contributed by atoms with E-state index in [2.05, 4.69) is 5.32 Å². The SMILES string of the molecule is CC(C)NC(=O)CN(C)C(=O)C1CCN(C(=O)c2cccs2)CC1. The minimum atomic E-state index is -0.147. The first-order valence-corrected chi connectivity index (χ1v) is 9.13. The van der Waals surface area contributed by atoms with Gasteiger partial charge in [0, 0.05) is 32.1 Å². The Morgan fingerprint density at radius 2 is 2.00 bits per heavy atom. The fourth-order valence-electron chi connectivity index (χ4n) is 2.86. The van der Waals surface area contributed by atoms with E-state index in [1.165, 1.54) is 16.2 Å². The quantitative estimate of drug-likeness (QED) is 0.876. The fourth-order valence-corrected chi connectivity index (χ4v) is 3.55. The zero-order valence-electron chi connectivity index (χ0n) is 14.4. The van der Waals surface area contributed by atoms with Crippen LogP contribution in [0.25, 0.3) is 0 Å². The van der Waals surface area contributed by atoms with E-state index in [9.17, 15) is 14.4 Å². The molecule has 0 atom stereocenters. The Bertz CT molecular complexity index is 578. The van der Waals surface area contributed by atoms with Crippen LogP contribution in [0.2, 0.25) is 0 Å². The van der Waals surface area contributed by atoms with Crippen LogP contribution in [0.15, 0.2) is 17.5 Å². The predicted molar refractivity (Wildman–Crippen MR) is 93.9 cm³/mol. The number of rotatable bonds is 5. The summed E-state index contributed by atoms with van der Waals surface area (Å²) in [5.41, 5.74) is 0. The van der Waals surface area contributed by atoms with Crippen LogP contribution < -0.4 is 5.32 Å². The number of hydrogen-bond donors (Lipinski definition) is 1. The molecule has 0 radical (unpaired) electrons. The van der Waals surface area contributed by atoms with Gasteiger partial charge >= 0.3 is 0 Å². The van der Waals surface area contributed by atoms with Gasteiger partial charge in [-0.15, -0.1) is 11.3 Å². The molecular formula is C17H25N3O3S. The Morgan fingerprint density at radius 1 is 1.33 bits per heavy atom. The molecule has 6 nitrogen and oxygen atoms in total. The molecule has 1 N–H and O–H groups in total. The van der Waals surface area contributed by atoms with Crippen LogP contribution in [0.4, 0.5) is 0 Å². The third-order valence-corrected chi connectivity index (χ3v) is 4.93. The van der Waals surface area contributed by atoms with Crippen molar-refractivity contribution in [3.8, 4) is 0 Å². The third-order valence-electron chi connectivity index (χ3n) is 4.07. The van der Waals surface area contributed by atoms with Gasteiger partial charge in [0.1, 0.15) is 0 Å². The number of nitrogens with one attached hydrogen (secondary N) is 1. The average Bonchev–Trinajstić information content (AvgIpc) is 3.07. The van der Waals surface area contributed by atoms with Crippen LogP contribution in [0.1, 0.15) is 36.4 Å². The summed E-state index contributed by atoms with van der Waals surface area (Å²) < 4.78 is 0. The molecule has 1 aromatic rings. The highest BCUT2D eigenvalue weighted by Crippen LogP contribution is 2.22. The van der Waals surface area contributed by atoms with Gasteiger partial charge < -0.3 is 15.1 Å². The van der Waals surface area contributed by atoms with E-state index >= 15 is 0 Å². The first-order valence-electron chi connectivity index (χ1n) is 8.25. The molecule has 7 heteroatoms. The second-order valence-electron chi connectivity index (χ2n) is 6.46. The van der Waals surface area contributed by atoms with Crippen LogP contribution in [0, 0.1) is 5.92 Å². The van der Waals surface area contributed by atoms with Crippen molar-refractivity contribution in [2.45, 2.75) is 32.7 Å². The second-order valence-corrected chi connectivity index (χ2v) is 7.41. The summed E-state index contributed by atoms with van der Waals surface area (Å²) >= 11 is 1.44. The normalized spacial score (nSPS) is 15.4.